The van der Waals surface area contributed by atoms with E-state index in [-0.39, 0.29) is 11.5 Å². The highest BCUT2D eigenvalue weighted by atomic mass is 16.6. The number of nitrogens with zero attached hydrogens (tertiary/aromatic N) is 2. The predicted octanol–water partition coefficient (Wildman–Crippen LogP) is 3.72. The SMILES string of the molecule is CCCCCCNC(=O)Oc1ccc2c(c1)[C@]1(C)CCN(C)C1N2C. The maximum absolute atomic E-state index is 12.0. The van der Waals surface area contributed by atoms with E-state index in [2.05, 4.69) is 55.2 Å². The molecule has 138 valence electrons. The summed E-state index contributed by atoms with van der Waals surface area (Å²) in [7, 11) is 4.34. The van der Waals surface area contributed by atoms with Gasteiger partial charge in [-0.3, -0.25) is 4.90 Å². The van der Waals surface area contributed by atoms with Crippen molar-refractivity contribution < 1.29 is 9.53 Å². The molecule has 1 fully saturated rings. The Labute approximate surface area is 151 Å². The van der Waals surface area contributed by atoms with Crippen molar-refractivity contribution in [3.05, 3.63) is 23.8 Å². The first-order valence-corrected chi connectivity index (χ1v) is 9.50. The molecule has 1 amide bonds. The summed E-state index contributed by atoms with van der Waals surface area (Å²) < 4.78 is 5.52. The summed E-state index contributed by atoms with van der Waals surface area (Å²) in [6.45, 7) is 6.27. The van der Waals surface area contributed by atoms with Crippen molar-refractivity contribution in [2.24, 2.45) is 0 Å². The van der Waals surface area contributed by atoms with Gasteiger partial charge in [0.25, 0.3) is 0 Å². The Morgan fingerprint density at radius 3 is 2.88 bits per heavy atom. The van der Waals surface area contributed by atoms with Gasteiger partial charge in [-0.15, -0.1) is 0 Å². The van der Waals surface area contributed by atoms with Crippen molar-refractivity contribution >= 4 is 11.8 Å². The van der Waals surface area contributed by atoms with Gasteiger partial charge in [-0.1, -0.05) is 33.1 Å². The van der Waals surface area contributed by atoms with E-state index in [0.717, 1.165) is 25.8 Å². The molecule has 2 aliphatic heterocycles. The molecule has 0 bridgehead atoms. The minimum Gasteiger partial charge on any atom is -0.410 e. The molecule has 0 aliphatic carbocycles. The van der Waals surface area contributed by atoms with Crippen molar-refractivity contribution in [1.29, 1.82) is 0 Å². The number of hydrogen-bond acceptors (Lipinski definition) is 4. The minimum atomic E-state index is -0.354. The Morgan fingerprint density at radius 1 is 1.32 bits per heavy atom. The average Bonchev–Trinajstić information content (AvgIpc) is 3.00. The summed E-state index contributed by atoms with van der Waals surface area (Å²) in [5.41, 5.74) is 2.62. The van der Waals surface area contributed by atoms with Gasteiger partial charge in [0.1, 0.15) is 5.75 Å². The van der Waals surface area contributed by atoms with Crippen molar-refractivity contribution in [1.82, 2.24) is 10.2 Å². The van der Waals surface area contributed by atoms with Gasteiger partial charge in [-0.05, 0) is 43.7 Å². The van der Waals surface area contributed by atoms with E-state index in [1.54, 1.807) is 0 Å². The Hall–Kier alpha value is -1.75. The molecule has 2 atom stereocenters. The Bertz CT molecular complexity index is 633. The number of amides is 1. The number of carbonyl (C=O) groups excluding carboxylic acids is 1. The van der Waals surface area contributed by atoms with Crippen LogP contribution in [-0.2, 0) is 5.41 Å². The molecule has 5 heteroatoms. The zero-order valence-electron chi connectivity index (χ0n) is 16.0. The van der Waals surface area contributed by atoms with Crippen LogP contribution in [0.5, 0.6) is 5.75 Å². The Kier molecular flexibility index (Phi) is 5.23. The molecule has 1 N–H and O–H groups in total. The van der Waals surface area contributed by atoms with Gasteiger partial charge in [0.2, 0.25) is 0 Å². The quantitative estimate of drug-likeness (QED) is 0.798. The lowest BCUT2D eigenvalue weighted by atomic mass is 9.81. The van der Waals surface area contributed by atoms with Crippen LogP contribution >= 0.6 is 0 Å². The fourth-order valence-electron chi connectivity index (χ4n) is 4.50. The number of likely N-dealkylation sites (N-methyl/N-ethyl adjacent to an activating group) is 2. The normalized spacial score (nSPS) is 25.0. The van der Waals surface area contributed by atoms with Crippen LogP contribution in [0, 0.1) is 0 Å². The summed E-state index contributed by atoms with van der Waals surface area (Å²) in [5.74, 6) is 0.634. The Morgan fingerprint density at radius 2 is 2.12 bits per heavy atom. The summed E-state index contributed by atoms with van der Waals surface area (Å²) in [4.78, 5) is 16.8. The molecule has 0 radical (unpaired) electrons. The molecule has 1 aromatic carbocycles. The van der Waals surface area contributed by atoms with E-state index >= 15 is 0 Å². The zero-order chi connectivity index (χ0) is 18.0. The summed E-state index contributed by atoms with van der Waals surface area (Å²) >= 11 is 0. The van der Waals surface area contributed by atoms with E-state index in [1.807, 2.05) is 6.07 Å². The van der Waals surface area contributed by atoms with Crippen molar-refractivity contribution in [3.63, 3.8) is 0 Å². The molecule has 5 nitrogen and oxygen atoms in total. The van der Waals surface area contributed by atoms with E-state index in [0.29, 0.717) is 18.5 Å². The first-order valence-electron chi connectivity index (χ1n) is 9.50. The molecule has 2 heterocycles. The smallest absolute Gasteiger partial charge is 0.410 e. The fraction of sp³-hybridized carbons (Fsp3) is 0.650. The monoisotopic (exact) mass is 345 g/mol. The van der Waals surface area contributed by atoms with Gasteiger partial charge in [0.05, 0.1) is 6.17 Å². The predicted molar refractivity (Wildman–Crippen MR) is 101 cm³/mol. The maximum Gasteiger partial charge on any atom is 0.412 e. The molecule has 1 unspecified atom stereocenters. The number of unbranched alkanes of at least 4 members (excludes halogenated alkanes) is 3. The molecule has 0 saturated carbocycles. The lowest BCUT2D eigenvalue weighted by molar-refractivity contribution is 0.200. The number of likely N-dealkylation sites (tertiary alicyclic amines) is 1. The molecule has 2 aliphatic rings. The second-order valence-electron chi connectivity index (χ2n) is 7.69. The number of carbonyl (C=O) groups is 1. The van der Waals surface area contributed by atoms with Crippen molar-refractivity contribution in [2.75, 3.05) is 32.1 Å². The minimum absolute atomic E-state index is 0.0921. The molecule has 3 rings (SSSR count). The van der Waals surface area contributed by atoms with Gasteiger partial charge < -0.3 is 15.0 Å². The van der Waals surface area contributed by atoms with Crippen LogP contribution in [0.25, 0.3) is 0 Å². The molecular weight excluding hydrogens is 314 g/mol. The highest BCUT2D eigenvalue weighted by Gasteiger charge is 2.52. The van der Waals surface area contributed by atoms with Crippen LogP contribution < -0.4 is 15.0 Å². The van der Waals surface area contributed by atoms with Crippen molar-refractivity contribution in [2.45, 2.75) is 57.5 Å². The highest BCUT2D eigenvalue weighted by molar-refractivity contribution is 5.72. The summed E-state index contributed by atoms with van der Waals surface area (Å²) in [5, 5.41) is 2.85. The highest BCUT2D eigenvalue weighted by Crippen LogP contribution is 2.51. The number of fused-ring (bicyclic) bond motifs is 3. The van der Waals surface area contributed by atoms with Crippen LogP contribution in [-0.4, -0.2) is 44.3 Å². The molecule has 0 spiro atoms. The third kappa shape index (κ3) is 3.34. The second-order valence-corrected chi connectivity index (χ2v) is 7.69. The molecule has 25 heavy (non-hydrogen) atoms. The first kappa shape index (κ1) is 18.1. The van der Waals surface area contributed by atoms with Gasteiger partial charge in [0.15, 0.2) is 0 Å². The van der Waals surface area contributed by atoms with E-state index in [4.69, 9.17) is 4.74 Å². The maximum atomic E-state index is 12.0. The van der Waals surface area contributed by atoms with Gasteiger partial charge >= 0.3 is 6.09 Å². The molecule has 0 aromatic heterocycles. The van der Waals surface area contributed by atoms with Crippen molar-refractivity contribution in [3.8, 4) is 5.75 Å². The number of rotatable bonds is 6. The van der Waals surface area contributed by atoms with Gasteiger partial charge in [0, 0.05) is 31.2 Å². The van der Waals surface area contributed by atoms with Crippen LogP contribution in [0.3, 0.4) is 0 Å². The number of ether oxygens (including phenoxy) is 1. The molecule has 1 aromatic rings. The average molecular weight is 345 g/mol. The Balaban J connectivity index is 1.65. The van der Waals surface area contributed by atoms with Crippen LogP contribution in [0.4, 0.5) is 10.5 Å². The topological polar surface area (TPSA) is 44.8 Å². The van der Waals surface area contributed by atoms with Crippen LogP contribution in [0.15, 0.2) is 18.2 Å². The summed E-state index contributed by atoms with van der Waals surface area (Å²) in [6.07, 6.45) is 5.71. The third-order valence-electron chi connectivity index (χ3n) is 5.81. The van der Waals surface area contributed by atoms with E-state index in [1.165, 1.54) is 24.1 Å². The van der Waals surface area contributed by atoms with E-state index < -0.39 is 0 Å². The summed E-state index contributed by atoms with van der Waals surface area (Å²) in [6, 6.07) is 6.04. The fourth-order valence-corrected chi connectivity index (χ4v) is 4.50. The lowest BCUT2D eigenvalue weighted by Crippen LogP contribution is -2.45. The second kappa shape index (κ2) is 7.24. The zero-order valence-corrected chi connectivity index (χ0v) is 16.0. The number of anilines is 1. The van der Waals surface area contributed by atoms with Gasteiger partial charge in [-0.25, -0.2) is 4.79 Å². The first-order chi connectivity index (χ1) is 12.0. The van der Waals surface area contributed by atoms with Crippen LogP contribution in [0.1, 0.15) is 51.5 Å². The standard InChI is InChI=1S/C20H31N3O2/c1-5-6-7-8-12-21-19(24)25-15-9-10-17-16(14-15)20(2)11-13-22(3)18(20)23(17)4/h9-10,14,18H,5-8,11-13H2,1-4H3,(H,21,24)/t18?,20-/m0/s1. The molecular formula is C20H31N3O2. The number of hydrogen-bond donors (Lipinski definition) is 1. The van der Waals surface area contributed by atoms with Crippen LogP contribution in [0.2, 0.25) is 0 Å². The number of nitrogens with one attached hydrogen (secondary N) is 1. The largest absolute Gasteiger partial charge is 0.412 e. The molecule has 1 saturated heterocycles. The van der Waals surface area contributed by atoms with E-state index in [9.17, 15) is 4.79 Å². The third-order valence-corrected chi connectivity index (χ3v) is 5.81. The van der Waals surface area contributed by atoms with Gasteiger partial charge in [-0.2, -0.15) is 0 Å². The number of benzene rings is 1. The lowest BCUT2D eigenvalue weighted by Gasteiger charge is -2.32.